The second-order valence-electron chi connectivity index (χ2n) is 7.46. The van der Waals surface area contributed by atoms with Crippen LogP contribution in [0.3, 0.4) is 0 Å². The maximum absolute atomic E-state index is 12.9. The molecule has 3 heterocycles. The summed E-state index contributed by atoms with van der Waals surface area (Å²) >= 11 is 2.99. The molecule has 1 aliphatic heterocycles. The Bertz CT molecular complexity index is 1300. The summed E-state index contributed by atoms with van der Waals surface area (Å²) in [5, 5.41) is 7.90. The Balaban J connectivity index is 1.98. The Morgan fingerprint density at radius 2 is 2.19 bits per heavy atom. The van der Waals surface area contributed by atoms with E-state index in [-0.39, 0.29) is 0 Å². The molecule has 0 spiro atoms. The molecule has 0 saturated carbocycles. The molecule has 1 atom stereocenters. The average Bonchev–Trinajstić information content (AvgIpc) is 3.40. The molecule has 0 radical (unpaired) electrons. The molecule has 0 saturated heterocycles. The summed E-state index contributed by atoms with van der Waals surface area (Å²) in [6, 6.07) is 9.24. The molecule has 3 N–H and O–H groups in total. The SMILES string of the molecule is CCC/C=[S-](=O)/c1sc2nc(C3(C)NC=CS3)cc(-c3cccc(C(=O)OC)c3)c2c1N. The number of anilines is 1. The number of esters is 1. The van der Waals surface area contributed by atoms with E-state index in [1.165, 1.54) is 18.4 Å². The second-order valence-corrected chi connectivity index (χ2v) is 11.4. The number of hydrogen-bond acceptors (Lipinski definition) is 9. The van der Waals surface area contributed by atoms with E-state index in [0.717, 1.165) is 39.9 Å². The first-order chi connectivity index (χ1) is 15.4. The number of fused-ring (bicyclic) bond motifs is 1. The Kier molecular flexibility index (Phi) is 6.50. The van der Waals surface area contributed by atoms with Crippen LogP contribution in [0.25, 0.3) is 21.3 Å². The lowest BCUT2D eigenvalue weighted by Gasteiger charge is -2.24. The number of thioether (sulfide) groups is 1. The molecule has 32 heavy (non-hydrogen) atoms. The number of aromatic nitrogens is 1. The summed E-state index contributed by atoms with van der Waals surface area (Å²) in [6.45, 7) is 4.11. The van der Waals surface area contributed by atoms with E-state index in [9.17, 15) is 9.00 Å². The highest BCUT2D eigenvalue weighted by Gasteiger charge is 2.31. The van der Waals surface area contributed by atoms with Gasteiger partial charge in [-0.25, -0.2) is 20.2 Å². The number of carbonyl (C=O) groups excluding carboxylic acids is 1. The number of nitrogen functional groups attached to an aromatic ring is 1. The van der Waals surface area contributed by atoms with Crippen molar-refractivity contribution < 1.29 is 13.7 Å². The zero-order chi connectivity index (χ0) is 22.9. The Morgan fingerprint density at radius 3 is 2.88 bits per heavy atom. The number of nitrogens with two attached hydrogens (primary N) is 1. The number of ether oxygens (including phenoxy) is 1. The van der Waals surface area contributed by atoms with Gasteiger partial charge in [0.15, 0.2) is 0 Å². The standard InChI is InChI=1S/C23H24N3O3S3/c1-4-5-11-32(28)22-19(24)18-16(14-7-6-8-15(12-14)21(27)29-3)13-17(26-20(18)31-22)23(2)25-9-10-30-23/h6-13,25H,4-5,24H2,1-3H3/q-1. The minimum absolute atomic E-state index is 0.407. The third-order valence-electron chi connectivity index (χ3n) is 5.22. The normalized spacial score (nSPS) is 18.7. The summed E-state index contributed by atoms with van der Waals surface area (Å²) in [5.74, 6) is -0.407. The number of unbranched alkanes of at least 4 members (excludes halogenated alkanes) is 1. The van der Waals surface area contributed by atoms with Crippen molar-refractivity contribution in [1.29, 1.82) is 0 Å². The predicted molar refractivity (Wildman–Crippen MR) is 135 cm³/mol. The molecule has 0 amide bonds. The van der Waals surface area contributed by atoms with Crippen molar-refractivity contribution in [1.82, 2.24) is 10.3 Å². The van der Waals surface area contributed by atoms with Crippen molar-refractivity contribution in [3.8, 4) is 11.1 Å². The van der Waals surface area contributed by atoms with Gasteiger partial charge in [0, 0.05) is 17.3 Å². The number of methoxy groups -OCH3 is 1. The number of nitrogens with zero attached hydrogens (tertiary/aromatic N) is 1. The smallest absolute Gasteiger partial charge is 0.337 e. The monoisotopic (exact) mass is 486 g/mol. The molecule has 168 valence electrons. The molecule has 3 aromatic rings. The number of rotatable bonds is 6. The zero-order valence-electron chi connectivity index (χ0n) is 18.0. The van der Waals surface area contributed by atoms with Crippen LogP contribution < -0.4 is 11.1 Å². The van der Waals surface area contributed by atoms with Crippen LogP contribution in [0.4, 0.5) is 5.69 Å². The number of hydrogen-bond donors (Lipinski definition) is 2. The molecule has 1 unspecified atom stereocenters. The van der Waals surface area contributed by atoms with E-state index in [2.05, 4.69) is 12.2 Å². The van der Waals surface area contributed by atoms with Gasteiger partial charge in [-0.1, -0.05) is 43.7 Å². The van der Waals surface area contributed by atoms with Gasteiger partial charge in [0.1, 0.15) is 9.70 Å². The van der Waals surface area contributed by atoms with Crippen LogP contribution in [0.5, 0.6) is 0 Å². The van der Waals surface area contributed by atoms with E-state index in [1.54, 1.807) is 29.3 Å². The van der Waals surface area contributed by atoms with Crippen LogP contribution in [0, 0.1) is 0 Å². The van der Waals surface area contributed by atoms with Gasteiger partial charge in [0.05, 0.1) is 18.4 Å². The minimum Gasteiger partial charge on any atom is -0.465 e. The molecule has 0 aliphatic carbocycles. The van der Waals surface area contributed by atoms with Crippen molar-refractivity contribution in [2.24, 2.45) is 0 Å². The summed E-state index contributed by atoms with van der Waals surface area (Å²) in [4.78, 5) is 17.3. The van der Waals surface area contributed by atoms with Crippen LogP contribution in [0.2, 0.25) is 0 Å². The third kappa shape index (κ3) is 4.12. The quantitative estimate of drug-likeness (QED) is 0.280. The first-order valence-electron chi connectivity index (χ1n) is 10.1. The molecule has 1 aromatic carbocycles. The van der Waals surface area contributed by atoms with E-state index >= 15 is 0 Å². The largest absolute Gasteiger partial charge is 0.465 e. The molecule has 1 aliphatic rings. The number of carbonyl (C=O) groups is 1. The highest BCUT2D eigenvalue weighted by atomic mass is 32.2. The maximum atomic E-state index is 12.9. The maximum Gasteiger partial charge on any atom is 0.337 e. The van der Waals surface area contributed by atoms with E-state index in [4.69, 9.17) is 15.5 Å². The van der Waals surface area contributed by atoms with Crippen molar-refractivity contribution in [3.63, 3.8) is 0 Å². The number of benzene rings is 1. The van der Waals surface area contributed by atoms with E-state index in [0.29, 0.717) is 15.5 Å². The number of pyridine rings is 1. The lowest BCUT2D eigenvalue weighted by atomic mass is 9.98. The van der Waals surface area contributed by atoms with Crippen LogP contribution >= 0.6 is 23.1 Å². The summed E-state index contributed by atoms with van der Waals surface area (Å²) in [5.41, 5.74) is 9.96. The third-order valence-corrected chi connectivity index (χ3v) is 9.05. The molecule has 4 rings (SSSR count). The van der Waals surface area contributed by atoms with Gasteiger partial charge in [0.2, 0.25) is 0 Å². The predicted octanol–water partition coefficient (Wildman–Crippen LogP) is 5.24. The lowest BCUT2D eigenvalue weighted by molar-refractivity contribution is 0.0601. The lowest BCUT2D eigenvalue weighted by Crippen LogP contribution is -2.29. The number of thiophene rings is 1. The summed E-state index contributed by atoms with van der Waals surface area (Å²) in [6.07, 6.45) is 3.56. The second kappa shape index (κ2) is 9.17. The summed E-state index contributed by atoms with van der Waals surface area (Å²) < 4.78 is 18.4. The molecule has 2 aromatic heterocycles. The fourth-order valence-electron chi connectivity index (χ4n) is 3.49. The Morgan fingerprint density at radius 1 is 1.38 bits per heavy atom. The fourth-order valence-corrected chi connectivity index (χ4v) is 6.80. The highest BCUT2D eigenvalue weighted by Crippen LogP contribution is 2.44. The van der Waals surface area contributed by atoms with Crippen LogP contribution in [0.15, 0.2) is 46.1 Å². The van der Waals surface area contributed by atoms with Crippen molar-refractivity contribution >= 4 is 60.7 Å². The molecule has 0 bridgehead atoms. The van der Waals surface area contributed by atoms with Crippen LogP contribution in [-0.2, 0) is 24.2 Å². The Hall–Kier alpha value is -2.49. The van der Waals surface area contributed by atoms with Gasteiger partial charge < -0.3 is 20.0 Å². The Labute approximate surface area is 197 Å². The molecule has 0 fully saturated rings. The zero-order valence-corrected chi connectivity index (χ0v) is 20.5. The topological polar surface area (TPSA) is 94.3 Å². The minimum atomic E-state index is -1.30. The van der Waals surface area contributed by atoms with Gasteiger partial charge >= 0.3 is 5.97 Å². The van der Waals surface area contributed by atoms with Crippen molar-refractivity contribution in [3.05, 3.63) is 53.2 Å². The first kappa shape index (κ1) is 22.7. The van der Waals surface area contributed by atoms with Crippen LogP contribution in [-0.4, -0.2) is 23.4 Å². The van der Waals surface area contributed by atoms with Gasteiger partial charge in [0.25, 0.3) is 0 Å². The van der Waals surface area contributed by atoms with E-state index in [1.807, 2.05) is 36.7 Å². The average molecular weight is 487 g/mol. The molecule has 6 nitrogen and oxygen atoms in total. The highest BCUT2D eigenvalue weighted by molar-refractivity contribution is 8.03. The van der Waals surface area contributed by atoms with Gasteiger partial charge in [-0.3, -0.25) is 0 Å². The van der Waals surface area contributed by atoms with Gasteiger partial charge in [-0.05, 0) is 45.9 Å². The van der Waals surface area contributed by atoms with Crippen molar-refractivity contribution in [2.45, 2.75) is 35.8 Å². The van der Waals surface area contributed by atoms with Crippen LogP contribution in [0.1, 0.15) is 42.7 Å². The first-order valence-corrected chi connectivity index (χ1v) is 13.1. The van der Waals surface area contributed by atoms with E-state index < -0.39 is 21.2 Å². The molecule has 9 heteroatoms. The van der Waals surface area contributed by atoms with Gasteiger partial charge in [-0.15, -0.1) is 11.3 Å². The van der Waals surface area contributed by atoms with Gasteiger partial charge in [-0.2, -0.15) is 5.37 Å². The number of nitrogens with one attached hydrogen (secondary N) is 1. The summed E-state index contributed by atoms with van der Waals surface area (Å²) in [7, 11) is 0.0578. The molecular formula is C23H24N3O3S3-. The fraction of sp³-hybridized carbons (Fsp3) is 0.261. The molecular weight excluding hydrogens is 462 g/mol. The van der Waals surface area contributed by atoms with Crippen molar-refractivity contribution in [2.75, 3.05) is 12.8 Å².